The summed E-state index contributed by atoms with van der Waals surface area (Å²) in [7, 11) is 1.92. The zero-order chi connectivity index (χ0) is 14.0. The van der Waals surface area contributed by atoms with Gasteiger partial charge in [-0.2, -0.15) is 0 Å². The van der Waals surface area contributed by atoms with Crippen molar-refractivity contribution in [2.45, 2.75) is 12.5 Å². The van der Waals surface area contributed by atoms with Crippen molar-refractivity contribution in [3.05, 3.63) is 33.1 Å². The number of aromatic nitrogens is 1. The molecule has 1 unspecified atom stereocenters. The van der Waals surface area contributed by atoms with Gasteiger partial charge in [-0.3, -0.25) is 10.1 Å². The lowest BCUT2D eigenvalue weighted by Gasteiger charge is -2.12. The van der Waals surface area contributed by atoms with Crippen LogP contribution in [0.2, 0.25) is 5.15 Å². The SMILES string of the molecule is CN1CCC(OC(=O)c2cc(Cl)ncc2[N+](=O)[O-])C1. The lowest BCUT2D eigenvalue weighted by atomic mass is 10.2. The van der Waals surface area contributed by atoms with Gasteiger partial charge >= 0.3 is 11.7 Å². The van der Waals surface area contributed by atoms with Crippen LogP contribution in [-0.2, 0) is 4.74 Å². The molecule has 19 heavy (non-hydrogen) atoms. The minimum absolute atomic E-state index is 0.0149. The van der Waals surface area contributed by atoms with Crippen LogP contribution >= 0.6 is 11.6 Å². The zero-order valence-corrected chi connectivity index (χ0v) is 11.0. The van der Waals surface area contributed by atoms with Crippen LogP contribution in [0.25, 0.3) is 0 Å². The number of carbonyl (C=O) groups excluding carboxylic acids is 1. The molecule has 7 nitrogen and oxygen atoms in total. The van der Waals surface area contributed by atoms with Crippen LogP contribution in [0.1, 0.15) is 16.8 Å². The van der Waals surface area contributed by atoms with Crippen LogP contribution in [0.4, 0.5) is 5.69 Å². The highest BCUT2D eigenvalue weighted by Crippen LogP contribution is 2.22. The number of rotatable bonds is 3. The van der Waals surface area contributed by atoms with Crippen molar-refractivity contribution in [1.82, 2.24) is 9.88 Å². The third-order valence-corrected chi connectivity index (χ3v) is 3.09. The fraction of sp³-hybridized carbons (Fsp3) is 0.455. The maximum atomic E-state index is 12.0. The van der Waals surface area contributed by atoms with Crippen LogP contribution in [0.5, 0.6) is 0 Å². The minimum atomic E-state index is -0.740. The fourth-order valence-corrected chi connectivity index (χ4v) is 2.10. The van der Waals surface area contributed by atoms with Crippen LogP contribution in [-0.4, -0.2) is 47.0 Å². The number of nitro groups is 1. The molecule has 0 aliphatic carbocycles. The Bertz CT molecular complexity index is 523. The molecule has 0 N–H and O–H groups in total. The zero-order valence-electron chi connectivity index (χ0n) is 10.2. The first-order valence-corrected chi connectivity index (χ1v) is 6.04. The van der Waals surface area contributed by atoms with Crippen molar-refractivity contribution in [2.24, 2.45) is 0 Å². The van der Waals surface area contributed by atoms with Crippen molar-refractivity contribution in [3.63, 3.8) is 0 Å². The van der Waals surface area contributed by atoms with Gasteiger partial charge in [0.15, 0.2) is 0 Å². The highest BCUT2D eigenvalue weighted by Gasteiger charge is 2.28. The lowest BCUT2D eigenvalue weighted by Crippen LogP contribution is -2.22. The van der Waals surface area contributed by atoms with E-state index in [9.17, 15) is 14.9 Å². The second kappa shape index (κ2) is 5.50. The van der Waals surface area contributed by atoms with Gasteiger partial charge in [0, 0.05) is 13.1 Å². The predicted molar refractivity (Wildman–Crippen MR) is 67.2 cm³/mol. The molecule has 102 valence electrons. The Hall–Kier alpha value is -1.73. The van der Waals surface area contributed by atoms with Crippen molar-refractivity contribution in [2.75, 3.05) is 20.1 Å². The van der Waals surface area contributed by atoms with E-state index in [2.05, 4.69) is 4.98 Å². The molecule has 1 fully saturated rings. The number of pyridine rings is 1. The molecule has 0 amide bonds. The Morgan fingerprint density at radius 3 is 3.00 bits per heavy atom. The number of carbonyl (C=O) groups is 1. The van der Waals surface area contributed by atoms with Crippen LogP contribution in [0.15, 0.2) is 12.3 Å². The summed E-state index contributed by atoms with van der Waals surface area (Å²) in [6.07, 6.45) is 1.43. The van der Waals surface area contributed by atoms with E-state index in [1.165, 1.54) is 0 Å². The van der Waals surface area contributed by atoms with Gasteiger partial charge < -0.3 is 9.64 Å². The molecule has 0 bridgehead atoms. The summed E-state index contributed by atoms with van der Waals surface area (Å²) in [5, 5.41) is 10.8. The van der Waals surface area contributed by atoms with Gasteiger partial charge in [0.2, 0.25) is 0 Å². The summed E-state index contributed by atoms with van der Waals surface area (Å²) in [4.78, 5) is 27.7. The molecule has 1 aromatic heterocycles. The highest BCUT2D eigenvalue weighted by molar-refractivity contribution is 6.29. The van der Waals surface area contributed by atoms with Gasteiger partial charge in [0.1, 0.15) is 23.0 Å². The summed E-state index contributed by atoms with van der Waals surface area (Å²) in [6, 6.07) is 1.15. The summed E-state index contributed by atoms with van der Waals surface area (Å²) in [5.74, 6) is -0.740. The van der Waals surface area contributed by atoms with E-state index in [1.807, 2.05) is 11.9 Å². The fourth-order valence-electron chi connectivity index (χ4n) is 1.94. The van der Waals surface area contributed by atoms with E-state index in [0.29, 0.717) is 6.54 Å². The average Bonchev–Trinajstić information content (AvgIpc) is 2.74. The molecule has 1 aromatic rings. The third-order valence-electron chi connectivity index (χ3n) is 2.89. The minimum Gasteiger partial charge on any atom is -0.457 e. The standard InChI is InChI=1S/C11H12ClN3O4/c1-14-3-2-7(6-14)19-11(16)8-4-10(12)13-5-9(8)15(17)18/h4-5,7H,2-3,6H2,1H3. The topological polar surface area (TPSA) is 85.6 Å². The first kappa shape index (κ1) is 13.7. The Balaban J connectivity index is 2.18. The van der Waals surface area contributed by atoms with Gasteiger partial charge in [0.05, 0.1) is 4.92 Å². The monoisotopic (exact) mass is 285 g/mol. The van der Waals surface area contributed by atoms with Gasteiger partial charge in [-0.1, -0.05) is 11.6 Å². The maximum absolute atomic E-state index is 12.0. The average molecular weight is 286 g/mol. The summed E-state index contributed by atoms with van der Waals surface area (Å²) in [6.45, 7) is 1.45. The number of esters is 1. The molecule has 1 atom stereocenters. The number of hydrogen-bond acceptors (Lipinski definition) is 6. The van der Waals surface area contributed by atoms with Gasteiger partial charge in [0.25, 0.3) is 0 Å². The Labute approximate surface area is 114 Å². The predicted octanol–water partition coefficient (Wildman–Crippen LogP) is 1.50. The molecule has 0 spiro atoms. The Kier molecular flexibility index (Phi) is 3.96. The molecule has 1 aliphatic rings. The molecule has 0 aromatic carbocycles. The third kappa shape index (κ3) is 3.18. The molecule has 0 saturated carbocycles. The van der Waals surface area contributed by atoms with Gasteiger partial charge in [-0.15, -0.1) is 0 Å². The number of ether oxygens (including phenoxy) is 1. The molecule has 1 aliphatic heterocycles. The van der Waals surface area contributed by atoms with Crippen LogP contribution in [0, 0.1) is 10.1 Å². The van der Waals surface area contributed by atoms with Crippen molar-refractivity contribution < 1.29 is 14.5 Å². The molecular weight excluding hydrogens is 274 g/mol. The second-order valence-electron chi connectivity index (χ2n) is 4.36. The molecule has 1 saturated heterocycles. The number of hydrogen-bond donors (Lipinski definition) is 0. The first-order valence-electron chi connectivity index (χ1n) is 5.67. The second-order valence-corrected chi connectivity index (χ2v) is 4.75. The smallest absolute Gasteiger partial charge is 0.345 e. The molecule has 0 radical (unpaired) electrons. The van der Waals surface area contributed by atoms with Crippen LogP contribution < -0.4 is 0 Å². The molecule has 2 heterocycles. The summed E-state index contributed by atoms with van der Waals surface area (Å²) < 4.78 is 5.24. The Morgan fingerprint density at radius 1 is 1.68 bits per heavy atom. The largest absolute Gasteiger partial charge is 0.457 e. The lowest BCUT2D eigenvalue weighted by molar-refractivity contribution is -0.385. The number of likely N-dealkylation sites (N-methyl/N-ethyl adjacent to an activating group) is 1. The van der Waals surface area contributed by atoms with Gasteiger partial charge in [-0.25, -0.2) is 9.78 Å². The van der Waals surface area contributed by atoms with E-state index in [0.717, 1.165) is 25.2 Å². The van der Waals surface area contributed by atoms with Crippen LogP contribution in [0.3, 0.4) is 0 Å². The number of nitrogens with zero attached hydrogens (tertiary/aromatic N) is 3. The van der Waals surface area contributed by atoms with E-state index in [-0.39, 0.29) is 16.8 Å². The van der Waals surface area contributed by atoms with Crippen molar-refractivity contribution in [3.8, 4) is 0 Å². The van der Waals surface area contributed by atoms with E-state index in [4.69, 9.17) is 16.3 Å². The highest BCUT2D eigenvalue weighted by atomic mass is 35.5. The normalized spacial score (nSPS) is 19.4. The summed E-state index contributed by atoms with van der Waals surface area (Å²) in [5.41, 5.74) is -0.569. The Morgan fingerprint density at radius 2 is 2.42 bits per heavy atom. The van der Waals surface area contributed by atoms with Crippen molar-refractivity contribution in [1.29, 1.82) is 0 Å². The van der Waals surface area contributed by atoms with E-state index in [1.54, 1.807) is 0 Å². The molecular formula is C11H12ClN3O4. The van der Waals surface area contributed by atoms with Crippen molar-refractivity contribution >= 4 is 23.3 Å². The van der Waals surface area contributed by atoms with Gasteiger partial charge in [-0.05, 0) is 19.5 Å². The molecule has 8 heteroatoms. The maximum Gasteiger partial charge on any atom is 0.345 e. The number of halogens is 1. The van der Waals surface area contributed by atoms with E-state index < -0.39 is 16.6 Å². The summed E-state index contributed by atoms with van der Waals surface area (Å²) >= 11 is 5.66. The first-order chi connectivity index (χ1) is 8.97. The number of likely N-dealkylation sites (tertiary alicyclic amines) is 1. The van der Waals surface area contributed by atoms with E-state index >= 15 is 0 Å². The quantitative estimate of drug-likeness (QED) is 0.362. The molecule has 2 rings (SSSR count).